The molecule has 0 spiro atoms. The maximum Gasteiger partial charge on any atom is 0.178 e. The highest BCUT2D eigenvalue weighted by molar-refractivity contribution is 7.98. The molecule has 0 atom stereocenters. The van der Waals surface area contributed by atoms with Crippen LogP contribution in [0.25, 0.3) is 0 Å². The number of aliphatic hydroxyl groups excluding tert-OH is 1. The van der Waals surface area contributed by atoms with E-state index in [0.717, 1.165) is 17.1 Å². The normalized spacial score (nSPS) is 11.2. The lowest BCUT2D eigenvalue weighted by atomic mass is 10.1. The molecule has 22 heavy (non-hydrogen) atoms. The Balaban J connectivity index is 2.27. The molecule has 0 unspecified atom stereocenters. The van der Waals surface area contributed by atoms with Crippen molar-refractivity contribution >= 4 is 11.8 Å². The van der Waals surface area contributed by atoms with Gasteiger partial charge in [-0.2, -0.15) is 0 Å². The van der Waals surface area contributed by atoms with Gasteiger partial charge in [-0.25, -0.2) is 0 Å². The van der Waals surface area contributed by atoms with E-state index in [1.54, 1.807) is 30.0 Å². The molecule has 0 aromatic heterocycles. The molecule has 2 rings (SSSR count). The van der Waals surface area contributed by atoms with Crippen molar-refractivity contribution in [3.8, 4) is 11.5 Å². The number of benzene rings is 2. The van der Waals surface area contributed by atoms with Gasteiger partial charge in [-0.1, -0.05) is 6.07 Å². The molecule has 0 heterocycles. The molecule has 0 amide bonds. The zero-order valence-corrected chi connectivity index (χ0v) is 13.8. The smallest absolute Gasteiger partial charge is 0.178 e. The summed E-state index contributed by atoms with van der Waals surface area (Å²) in [7, 11) is 3.91. The van der Waals surface area contributed by atoms with E-state index in [0.29, 0.717) is 12.1 Å². The van der Waals surface area contributed by atoms with E-state index in [4.69, 9.17) is 4.74 Å². The number of hydrogen-bond acceptors (Lipinski definition) is 5. The lowest BCUT2D eigenvalue weighted by Gasteiger charge is -2.17. The lowest BCUT2D eigenvalue weighted by Crippen LogP contribution is -2.12. The second-order valence-electron chi connectivity index (χ2n) is 5.26. The van der Waals surface area contributed by atoms with Crippen LogP contribution in [-0.2, 0) is 6.54 Å². The van der Waals surface area contributed by atoms with Gasteiger partial charge in [-0.3, -0.25) is 0 Å². The highest BCUT2D eigenvalue weighted by Gasteiger charge is 2.11. The largest absolute Gasteiger partial charge is 0.457 e. The Bertz CT molecular complexity index is 612. The molecule has 0 bridgehead atoms. The summed E-state index contributed by atoms with van der Waals surface area (Å²) in [5.41, 5.74) is 1.37. The Morgan fingerprint density at radius 2 is 1.77 bits per heavy atom. The predicted octanol–water partition coefficient (Wildman–Crippen LogP) is 3.25. The standard InChI is InChI=1S/C17H21NO3S/c1-18(2)11-13-10-12(17(19)20)4-9-16(13)21-14-5-7-15(22-3)8-6-14/h4-10,17,19-20H,11H2,1-3H3. The number of rotatable bonds is 6. The molecule has 0 saturated heterocycles. The molecule has 2 aromatic carbocycles. The van der Waals surface area contributed by atoms with Gasteiger partial charge >= 0.3 is 0 Å². The summed E-state index contributed by atoms with van der Waals surface area (Å²) >= 11 is 1.68. The van der Waals surface area contributed by atoms with E-state index >= 15 is 0 Å². The zero-order chi connectivity index (χ0) is 16.1. The predicted molar refractivity (Wildman–Crippen MR) is 89.3 cm³/mol. The number of ether oxygens (including phenoxy) is 1. The van der Waals surface area contributed by atoms with Gasteiger partial charge in [0.1, 0.15) is 11.5 Å². The molecule has 0 radical (unpaired) electrons. The third-order valence-electron chi connectivity index (χ3n) is 3.16. The Morgan fingerprint density at radius 3 is 2.32 bits per heavy atom. The summed E-state index contributed by atoms with van der Waals surface area (Å²) in [5.74, 6) is 1.48. The second-order valence-corrected chi connectivity index (χ2v) is 6.14. The average Bonchev–Trinajstić information content (AvgIpc) is 2.49. The molecule has 5 heteroatoms. The minimum atomic E-state index is -1.48. The number of hydrogen-bond donors (Lipinski definition) is 2. The fourth-order valence-electron chi connectivity index (χ4n) is 2.09. The van der Waals surface area contributed by atoms with Gasteiger partial charge in [-0.15, -0.1) is 11.8 Å². The van der Waals surface area contributed by atoms with Gasteiger partial charge < -0.3 is 19.8 Å². The Labute approximate surface area is 135 Å². The van der Waals surface area contributed by atoms with Crippen molar-refractivity contribution in [1.82, 2.24) is 4.90 Å². The summed E-state index contributed by atoms with van der Waals surface area (Å²) in [6.07, 6.45) is 0.556. The number of thioether (sulfide) groups is 1. The van der Waals surface area contributed by atoms with Crippen LogP contribution in [0.2, 0.25) is 0 Å². The summed E-state index contributed by atoms with van der Waals surface area (Å²) in [5, 5.41) is 18.6. The van der Waals surface area contributed by atoms with Crippen LogP contribution in [0, 0.1) is 0 Å². The number of nitrogens with zero attached hydrogens (tertiary/aromatic N) is 1. The second kappa shape index (κ2) is 7.65. The fraction of sp³-hybridized carbons (Fsp3) is 0.294. The maximum atomic E-state index is 9.32. The Kier molecular flexibility index (Phi) is 5.85. The van der Waals surface area contributed by atoms with Crippen molar-refractivity contribution < 1.29 is 14.9 Å². The van der Waals surface area contributed by atoms with Crippen LogP contribution < -0.4 is 4.74 Å². The molecular weight excluding hydrogens is 298 g/mol. The minimum absolute atomic E-state index is 0.460. The van der Waals surface area contributed by atoms with Crippen molar-refractivity contribution in [2.75, 3.05) is 20.4 Å². The third kappa shape index (κ3) is 4.48. The first kappa shape index (κ1) is 16.8. The topological polar surface area (TPSA) is 52.9 Å². The van der Waals surface area contributed by atoms with Crippen molar-refractivity contribution in [3.05, 3.63) is 53.6 Å². The lowest BCUT2D eigenvalue weighted by molar-refractivity contribution is -0.0425. The van der Waals surface area contributed by atoms with Crippen molar-refractivity contribution in [2.24, 2.45) is 0 Å². The summed E-state index contributed by atoms with van der Waals surface area (Å²) in [4.78, 5) is 3.19. The van der Waals surface area contributed by atoms with E-state index in [-0.39, 0.29) is 0 Å². The molecule has 2 N–H and O–H groups in total. The van der Waals surface area contributed by atoms with E-state index in [1.165, 1.54) is 4.90 Å². The molecule has 4 nitrogen and oxygen atoms in total. The van der Waals surface area contributed by atoms with Crippen LogP contribution in [0.5, 0.6) is 11.5 Å². The van der Waals surface area contributed by atoms with Crippen molar-refractivity contribution in [3.63, 3.8) is 0 Å². The molecule has 2 aromatic rings. The third-order valence-corrected chi connectivity index (χ3v) is 3.90. The van der Waals surface area contributed by atoms with Gasteiger partial charge in [0.15, 0.2) is 6.29 Å². The van der Waals surface area contributed by atoms with Crippen molar-refractivity contribution in [2.45, 2.75) is 17.7 Å². The molecular formula is C17H21NO3S. The molecule has 0 saturated carbocycles. The molecule has 118 valence electrons. The maximum absolute atomic E-state index is 9.32. The Morgan fingerprint density at radius 1 is 1.09 bits per heavy atom. The summed E-state index contributed by atoms with van der Waals surface area (Å²) < 4.78 is 5.95. The first-order valence-electron chi connectivity index (χ1n) is 6.95. The van der Waals surface area contributed by atoms with Crippen LogP contribution in [-0.4, -0.2) is 35.5 Å². The van der Waals surface area contributed by atoms with E-state index in [9.17, 15) is 10.2 Å². The van der Waals surface area contributed by atoms with Crippen LogP contribution >= 0.6 is 11.8 Å². The highest BCUT2D eigenvalue weighted by atomic mass is 32.2. The fourth-order valence-corrected chi connectivity index (χ4v) is 2.50. The molecule has 0 aliphatic heterocycles. The molecule has 0 aliphatic carbocycles. The van der Waals surface area contributed by atoms with Gasteiger partial charge in [0, 0.05) is 22.6 Å². The van der Waals surface area contributed by atoms with Crippen LogP contribution in [0.3, 0.4) is 0 Å². The first-order chi connectivity index (χ1) is 10.5. The molecule has 0 fully saturated rings. The first-order valence-corrected chi connectivity index (χ1v) is 8.17. The monoisotopic (exact) mass is 319 g/mol. The van der Waals surface area contributed by atoms with Gasteiger partial charge in [-0.05, 0) is 56.7 Å². The number of aliphatic hydroxyl groups is 2. The minimum Gasteiger partial charge on any atom is -0.457 e. The van der Waals surface area contributed by atoms with Crippen LogP contribution in [0.15, 0.2) is 47.4 Å². The average molecular weight is 319 g/mol. The van der Waals surface area contributed by atoms with Gasteiger partial charge in [0.2, 0.25) is 0 Å². The van der Waals surface area contributed by atoms with E-state index in [2.05, 4.69) is 0 Å². The van der Waals surface area contributed by atoms with E-state index < -0.39 is 6.29 Å². The van der Waals surface area contributed by atoms with E-state index in [1.807, 2.05) is 49.5 Å². The Hall–Kier alpha value is -1.53. The SMILES string of the molecule is CSc1ccc(Oc2ccc(C(O)O)cc2CN(C)C)cc1. The van der Waals surface area contributed by atoms with Gasteiger partial charge in [0.05, 0.1) is 0 Å². The molecule has 0 aliphatic rings. The summed E-state index contributed by atoms with van der Waals surface area (Å²) in [6, 6.07) is 13.1. The zero-order valence-electron chi connectivity index (χ0n) is 13.0. The van der Waals surface area contributed by atoms with Crippen molar-refractivity contribution in [1.29, 1.82) is 0 Å². The highest BCUT2D eigenvalue weighted by Crippen LogP contribution is 2.29. The van der Waals surface area contributed by atoms with Crippen LogP contribution in [0.1, 0.15) is 17.4 Å². The summed E-state index contributed by atoms with van der Waals surface area (Å²) in [6.45, 7) is 0.652. The van der Waals surface area contributed by atoms with Crippen LogP contribution in [0.4, 0.5) is 0 Å². The van der Waals surface area contributed by atoms with Gasteiger partial charge in [0.25, 0.3) is 0 Å². The quantitative estimate of drug-likeness (QED) is 0.632.